The van der Waals surface area contributed by atoms with Crippen molar-refractivity contribution in [1.29, 1.82) is 0 Å². The summed E-state index contributed by atoms with van der Waals surface area (Å²) < 4.78 is 1.09. The van der Waals surface area contributed by atoms with Crippen LogP contribution in [0, 0.1) is 10.5 Å². The molecule has 0 radical (unpaired) electrons. The molecule has 1 heterocycles. The number of nitrogens with zero attached hydrogens (tertiary/aromatic N) is 1. The van der Waals surface area contributed by atoms with Crippen molar-refractivity contribution >= 4 is 57.4 Å². The number of anilines is 3. The van der Waals surface area contributed by atoms with Gasteiger partial charge in [-0.25, -0.2) is 0 Å². The molecule has 1 aliphatic heterocycles. The molecule has 134 valence electrons. The van der Waals surface area contributed by atoms with Gasteiger partial charge in [0, 0.05) is 22.1 Å². The first-order valence-electron chi connectivity index (χ1n) is 8.19. The molecule has 2 aromatic rings. The van der Waals surface area contributed by atoms with Crippen molar-refractivity contribution in [3.05, 3.63) is 51.6 Å². The van der Waals surface area contributed by atoms with Gasteiger partial charge in [0.2, 0.25) is 17.7 Å². The highest BCUT2D eigenvalue weighted by Gasteiger charge is 2.26. The lowest BCUT2D eigenvalue weighted by molar-refractivity contribution is -0.124. The Morgan fingerprint density at radius 3 is 2.73 bits per heavy atom. The molecule has 1 aliphatic rings. The molecule has 2 N–H and O–H groups in total. The number of fused-ring (bicyclic) bond motifs is 1. The van der Waals surface area contributed by atoms with E-state index < -0.39 is 0 Å². The molecule has 3 rings (SSSR count). The Bertz CT molecular complexity index is 882. The van der Waals surface area contributed by atoms with Gasteiger partial charge in [0.1, 0.15) is 6.54 Å². The van der Waals surface area contributed by atoms with E-state index in [9.17, 15) is 14.4 Å². The van der Waals surface area contributed by atoms with E-state index in [4.69, 9.17) is 0 Å². The zero-order valence-corrected chi connectivity index (χ0v) is 16.4. The minimum absolute atomic E-state index is 0.0340. The minimum atomic E-state index is -0.248. The summed E-state index contributed by atoms with van der Waals surface area (Å²) in [7, 11) is 0. The summed E-state index contributed by atoms with van der Waals surface area (Å²) in [5.41, 5.74) is 2.98. The number of para-hydroxylation sites is 2. The largest absolute Gasteiger partial charge is 0.326 e. The van der Waals surface area contributed by atoms with Crippen LogP contribution in [0.5, 0.6) is 0 Å². The SMILES string of the molecule is Cc1cc(I)ccc1NC(=O)CCC(=O)N1CC(=O)Nc2ccccc21. The first kappa shape index (κ1) is 18.4. The van der Waals surface area contributed by atoms with Crippen LogP contribution in [0.4, 0.5) is 17.1 Å². The molecule has 0 atom stereocenters. The van der Waals surface area contributed by atoms with Crippen LogP contribution >= 0.6 is 22.6 Å². The number of halogens is 1. The van der Waals surface area contributed by atoms with E-state index in [1.54, 1.807) is 18.2 Å². The van der Waals surface area contributed by atoms with Gasteiger partial charge in [-0.05, 0) is 65.4 Å². The lowest BCUT2D eigenvalue weighted by Gasteiger charge is -2.29. The van der Waals surface area contributed by atoms with Crippen molar-refractivity contribution in [2.24, 2.45) is 0 Å². The molecule has 0 spiro atoms. The quantitative estimate of drug-likeness (QED) is 0.684. The van der Waals surface area contributed by atoms with Gasteiger partial charge in [0.05, 0.1) is 11.4 Å². The molecule has 0 bridgehead atoms. The maximum atomic E-state index is 12.5. The monoisotopic (exact) mass is 463 g/mol. The number of hydrogen-bond acceptors (Lipinski definition) is 3. The molecule has 0 saturated heterocycles. The van der Waals surface area contributed by atoms with Crippen LogP contribution in [0.15, 0.2) is 42.5 Å². The van der Waals surface area contributed by atoms with Crippen LogP contribution in [0.3, 0.4) is 0 Å². The van der Waals surface area contributed by atoms with Crippen LogP contribution in [0.25, 0.3) is 0 Å². The van der Waals surface area contributed by atoms with Crippen molar-refractivity contribution < 1.29 is 14.4 Å². The fourth-order valence-electron chi connectivity index (χ4n) is 2.79. The third-order valence-electron chi connectivity index (χ3n) is 4.10. The normalized spacial score (nSPS) is 13.0. The summed E-state index contributed by atoms with van der Waals surface area (Å²) >= 11 is 2.21. The molecular formula is C19H18IN3O3. The maximum absolute atomic E-state index is 12.5. The molecule has 0 aromatic heterocycles. The average molecular weight is 463 g/mol. The topological polar surface area (TPSA) is 78.5 Å². The molecule has 0 aliphatic carbocycles. The van der Waals surface area contributed by atoms with E-state index in [1.165, 1.54) is 4.90 Å². The van der Waals surface area contributed by atoms with E-state index in [0.717, 1.165) is 14.8 Å². The summed E-state index contributed by atoms with van der Waals surface area (Å²) in [4.78, 5) is 38.0. The number of rotatable bonds is 4. The fraction of sp³-hybridized carbons (Fsp3) is 0.211. The summed E-state index contributed by atoms with van der Waals surface area (Å²) in [6, 6.07) is 12.9. The molecule has 0 fully saturated rings. The van der Waals surface area contributed by atoms with Gasteiger partial charge in [0.15, 0.2) is 0 Å². The van der Waals surface area contributed by atoms with Gasteiger partial charge in [-0.15, -0.1) is 0 Å². The molecule has 0 unspecified atom stereocenters. The van der Waals surface area contributed by atoms with Crippen molar-refractivity contribution in [2.75, 3.05) is 22.1 Å². The number of benzene rings is 2. The van der Waals surface area contributed by atoms with E-state index >= 15 is 0 Å². The van der Waals surface area contributed by atoms with Crippen molar-refractivity contribution in [2.45, 2.75) is 19.8 Å². The maximum Gasteiger partial charge on any atom is 0.244 e. The predicted molar refractivity (Wildman–Crippen MR) is 109 cm³/mol. The molecule has 0 saturated carbocycles. The summed E-state index contributed by atoms with van der Waals surface area (Å²) in [6.07, 6.45) is 0.0986. The van der Waals surface area contributed by atoms with E-state index in [1.807, 2.05) is 31.2 Å². The second-order valence-electron chi connectivity index (χ2n) is 6.05. The molecule has 3 amide bonds. The van der Waals surface area contributed by atoms with Crippen molar-refractivity contribution in [1.82, 2.24) is 0 Å². The summed E-state index contributed by atoms with van der Waals surface area (Å²) in [5, 5.41) is 5.57. The van der Waals surface area contributed by atoms with Gasteiger partial charge >= 0.3 is 0 Å². The van der Waals surface area contributed by atoms with E-state index in [0.29, 0.717) is 11.4 Å². The molecule has 7 heteroatoms. The lowest BCUT2D eigenvalue weighted by atomic mass is 10.1. The predicted octanol–water partition coefficient (Wildman–Crippen LogP) is 3.30. The Kier molecular flexibility index (Phi) is 5.55. The highest BCUT2D eigenvalue weighted by molar-refractivity contribution is 14.1. The van der Waals surface area contributed by atoms with Crippen LogP contribution in [-0.2, 0) is 14.4 Å². The molecule has 26 heavy (non-hydrogen) atoms. The number of amides is 3. The standard InChI is InChI=1S/C19H18IN3O3/c1-12-10-13(20)6-7-14(12)21-17(24)8-9-19(26)23-11-18(25)22-15-4-2-3-5-16(15)23/h2-7,10H,8-9,11H2,1H3,(H,21,24)(H,22,25). The second-order valence-corrected chi connectivity index (χ2v) is 7.30. The van der Waals surface area contributed by atoms with Gasteiger partial charge < -0.3 is 15.5 Å². The first-order chi connectivity index (χ1) is 12.4. The van der Waals surface area contributed by atoms with Crippen LogP contribution < -0.4 is 15.5 Å². The zero-order chi connectivity index (χ0) is 18.7. The van der Waals surface area contributed by atoms with Gasteiger partial charge in [-0.3, -0.25) is 14.4 Å². The van der Waals surface area contributed by atoms with Crippen LogP contribution in [-0.4, -0.2) is 24.3 Å². The minimum Gasteiger partial charge on any atom is -0.326 e. The third kappa shape index (κ3) is 4.21. The fourth-order valence-corrected chi connectivity index (χ4v) is 3.44. The first-order valence-corrected chi connectivity index (χ1v) is 9.27. The molecular weight excluding hydrogens is 445 g/mol. The Labute approximate surface area is 165 Å². The number of aryl methyl sites for hydroxylation is 1. The molecule has 2 aromatic carbocycles. The van der Waals surface area contributed by atoms with E-state index in [-0.39, 0.29) is 37.1 Å². The second kappa shape index (κ2) is 7.86. The van der Waals surface area contributed by atoms with Crippen molar-refractivity contribution in [3.63, 3.8) is 0 Å². The zero-order valence-electron chi connectivity index (χ0n) is 14.2. The third-order valence-corrected chi connectivity index (χ3v) is 4.77. The number of carbonyl (C=O) groups excluding carboxylic acids is 3. The van der Waals surface area contributed by atoms with Crippen molar-refractivity contribution in [3.8, 4) is 0 Å². The highest BCUT2D eigenvalue weighted by atomic mass is 127. The average Bonchev–Trinajstić information content (AvgIpc) is 2.61. The van der Waals surface area contributed by atoms with Gasteiger partial charge in [-0.2, -0.15) is 0 Å². The smallest absolute Gasteiger partial charge is 0.244 e. The highest BCUT2D eigenvalue weighted by Crippen LogP contribution is 2.29. The van der Waals surface area contributed by atoms with E-state index in [2.05, 4.69) is 33.2 Å². The van der Waals surface area contributed by atoms with Gasteiger partial charge in [-0.1, -0.05) is 12.1 Å². The van der Waals surface area contributed by atoms with Crippen LogP contribution in [0.2, 0.25) is 0 Å². The number of carbonyl (C=O) groups is 3. The Morgan fingerprint density at radius 1 is 1.19 bits per heavy atom. The molecule has 6 nitrogen and oxygen atoms in total. The number of nitrogens with one attached hydrogen (secondary N) is 2. The number of hydrogen-bond donors (Lipinski definition) is 2. The Hall–Kier alpha value is -2.42. The summed E-state index contributed by atoms with van der Waals surface area (Å²) in [6.45, 7) is 1.89. The van der Waals surface area contributed by atoms with Crippen LogP contribution in [0.1, 0.15) is 18.4 Å². The van der Waals surface area contributed by atoms with Gasteiger partial charge in [0.25, 0.3) is 0 Å². The Morgan fingerprint density at radius 2 is 1.96 bits per heavy atom. The lowest BCUT2D eigenvalue weighted by Crippen LogP contribution is -2.42. The Balaban J connectivity index is 1.62. The summed E-state index contributed by atoms with van der Waals surface area (Å²) in [5.74, 6) is -0.713.